The van der Waals surface area contributed by atoms with Gasteiger partial charge in [0, 0.05) is 6.21 Å². The summed E-state index contributed by atoms with van der Waals surface area (Å²) in [6.45, 7) is 3.72. The van der Waals surface area contributed by atoms with Crippen molar-refractivity contribution in [3.63, 3.8) is 0 Å². The third kappa shape index (κ3) is 5.49. The molecule has 4 nitrogen and oxygen atoms in total. The molecule has 4 heteroatoms. The lowest BCUT2D eigenvalue weighted by Crippen LogP contribution is -2.32. The topological polar surface area (TPSA) is 77.2 Å². The zero-order valence-corrected chi connectivity index (χ0v) is 8.16. The van der Waals surface area contributed by atoms with Gasteiger partial charge in [-0.2, -0.15) is 0 Å². The molecule has 0 bridgehead atoms. The molecule has 0 rings (SSSR count). The third-order valence-corrected chi connectivity index (χ3v) is 1.58. The Hall–Kier alpha value is -0.740. The van der Waals surface area contributed by atoms with E-state index < -0.39 is 12.2 Å². The standard InChI is InChI=1S/C9H18N2O2/c1-7(2)13-9(6-11)8(12)4-3-5-10/h5-12H,3-4H2,1-2H3. The molecule has 0 radical (unpaired) electrons. The van der Waals surface area contributed by atoms with Crippen molar-refractivity contribution >= 4 is 12.4 Å². The van der Waals surface area contributed by atoms with Crippen LogP contribution in [0.1, 0.15) is 26.7 Å². The summed E-state index contributed by atoms with van der Waals surface area (Å²) in [7, 11) is 0. The SMILES string of the molecule is CC(C)OC(C=N)C(O)CCC=N. The number of aliphatic hydroxyl groups is 1. The highest BCUT2D eigenvalue weighted by molar-refractivity contribution is 5.60. The predicted octanol–water partition coefficient (Wildman–Crippen LogP) is 1.22. The van der Waals surface area contributed by atoms with E-state index in [-0.39, 0.29) is 6.10 Å². The van der Waals surface area contributed by atoms with Gasteiger partial charge in [-0.05, 0) is 32.9 Å². The smallest absolute Gasteiger partial charge is 0.118 e. The Morgan fingerprint density at radius 1 is 1.38 bits per heavy atom. The lowest BCUT2D eigenvalue weighted by atomic mass is 10.1. The Morgan fingerprint density at radius 2 is 2.00 bits per heavy atom. The van der Waals surface area contributed by atoms with Crippen molar-refractivity contribution in [3.05, 3.63) is 0 Å². The fourth-order valence-corrected chi connectivity index (χ4v) is 0.974. The predicted molar refractivity (Wildman–Crippen MR) is 52.8 cm³/mol. The van der Waals surface area contributed by atoms with Crippen LogP contribution in [0, 0.1) is 10.8 Å². The van der Waals surface area contributed by atoms with Gasteiger partial charge in [0.25, 0.3) is 0 Å². The van der Waals surface area contributed by atoms with Crippen LogP contribution < -0.4 is 0 Å². The zero-order chi connectivity index (χ0) is 10.3. The molecule has 0 aliphatic carbocycles. The normalized spacial score (nSPS) is 15.4. The lowest BCUT2D eigenvalue weighted by Gasteiger charge is -2.20. The first kappa shape index (κ1) is 12.3. The van der Waals surface area contributed by atoms with Gasteiger partial charge in [-0.1, -0.05) is 0 Å². The van der Waals surface area contributed by atoms with Crippen molar-refractivity contribution in [2.45, 2.75) is 45.0 Å². The molecule has 0 aromatic carbocycles. The van der Waals surface area contributed by atoms with Crippen molar-refractivity contribution in [2.75, 3.05) is 0 Å². The second-order valence-corrected chi connectivity index (χ2v) is 3.16. The van der Waals surface area contributed by atoms with Crippen molar-refractivity contribution in [1.82, 2.24) is 0 Å². The minimum atomic E-state index is -0.679. The number of aliphatic hydroxyl groups excluding tert-OH is 1. The maximum Gasteiger partial charge on any atom is 0.118 e. The molecule has 2 atom stereocenters. The highest BCUT2D eigenvalue weighted by Crippen LogP contribution is 2.06. The first-order chi connectivity index (χ1) is 6.11. The number of hydrogen-bond donors (Lipinski definition) is 3. The van der Waals surface area contributed by atoms with Crippen molar-refractivity contribution in [1.29, 1.82) is 10.8 Å². The van der Waals surface area contributed by atoms with Crippen LogP contribution in [0.3, 0.4) is 0 Å². The minimum Gasteiger partial charge on any atom is -0.390 e. The molecular weight excluding hydrogens is 168 g/mol. The summed E-state index contributed by atoms with van der Waals surface area (Å²) >= 11 is 0. The van der Waals surface area contributed by atoms with E-state index in [2.05, 4.69) is 0 Å². The van der Waals surface area contributed by atoms with E-state index in [1.165, 1.54) is 6.21 Å². The van der Waals surface area contributed by atoms with Gasteiger partial charge < -0.3 is 20.7 Å². The monoisotopic (exact) mass is 186 g/mol. The van der Waals surface area contributed by atoms with E-state index in [4.69, 9.17) is 15.6 Å². The van der Waals surface area contributed by atoms with Gasteiger partial charge in [0.05, 0.1) is 12.2 Å². The Morgan fingerprint density at radius 3 is 2.38 bits per heavy atom. The first-order valence-electron chi connectivity index (χ1n) is 4.44. The van der Waals surface area contributed by atoms with Gasteiger partial charge in [0.15, 0.2) is 0 Å². The van der Waals surface area contributed by atoms with Crippen LogP contribution in [0.25, 0.3) is 0 Å². The van der Waals surface area contributed by atoms with Crippen molar-refractivity contribution in [2.24, 2.45) is 0 Å². The first-order valence-corrected chi connectivity index (χ1v) is 4.44. The zero-order valence-electron chi connectivity index (χ0n) is 8.16. The Balaban J connectivity index is 3.90. The van der Waals surface area contributed by atoms with Crippen LogP contribution in [0.4, 0.5) is 0 Å². The number of nitrogens with one attached hydrogen (secondary N) is 2. The number of rotatable bonds is 7. The van der Waals surface area contributed by atoms with Crippen LogP contribution in [-0.4, -0.2) is 35.8 Å². The van der Waals surface area contributed by atoms with E-state index in [1.54, 1.807) is 0 Å². The molecule has 0 heterocycles. The molecule has 0 aromatic heterocycles. The molecular formula is C9H18N2O2. The van der Waals surface area contributed by atoms with Gasteiger partial charge in [-0.25, -0.2) is 0 Å². The van der Waals surface area contributed by atoms with Crippen LogP contribution in [0.15, 0.2) is 0 Å². The molecule has 0 amide bonds. The quantitative estimate of drug-likeness (QED) is 0.523. The molecule has 0 spiro atoms. The second kappa shape index (κ2) is 6.74. The Kier molecular flexibility index (Phi) is 6.36. The number of ether oxygens (including phenoxy) is 1. The van der Waals surface area contributed by atoms with Crippen molar-refractivity contribution in [3.8, 4) is 0 Å². The summed E-state index contributed by atoms with van der Waals surface area (Å²) in [5, 5.41) is 23.4. The second-order valence-electron chi connectivity index (χ2n) is 3.16. The Bertz CT molecular complexity index is 160. The summed E-state index contributed by atoms with van der Waals surface area (Å²) in [6, 6.07) is 0. The van der Waals surface area contributed by atoms with Gasteiger partial charge >= 0.3 is 0 Å². The molecule has 2 unspecified atom stereocenters. The molecule has 76 valence electrons. The molecule has 0 saturated heterocycles. The van der Waals surface area contributed by atoms with Crippen LogP contribution in [-0.2, 0) is 4.74 Å². The highest BCUT2D eigenvalue weighted by atomic mass is 16.5. The van der Waals surface area contributed by atoms with Crippen molar-refractivity contribution < 1.29 is 9.84 Å². The summed E-state index contributed by atoms with van der Waals surface area (Å²) in [5.41, 5.74) is 0. The molecule has 0 fully saturated rings. The summed E-state index contributed by atoms with van der Waals surface area (Å²) in [4.78, 5) is 0. The van der Waals surface area contributed by atoms with E-state index >= 15 is 0 Å². The van der Waals surface area contributed by atoms with E-state index in [0.29, 0.717) is 12.8 Å². The van der Waals surface area contributed by atoms with Gasteiger partial charge in [0.2, 0.25) is 0 Å². The molecule has 3 N–H and O–H groups in total. The molecule has 0 aromatic rings. The molecule has 0 aliphatic rings. The third-order valence-electron chi connectivity index (χ3n) is 1.58. The molecule has 13 heavy (non-hydrogen) atoms. The van der Waals surface area contributed by atoms with Gasteiger partial charge in [0.1, 0.15) is 6.10 Å². The van der Waals surface area contributed by atoms with E-state index in [1.807, 2.05) is 13.8 Å². The fraction of sp³-hybridized carbons (Fsp3) is 0.778. The van der Waals surface area contributed by atoms with Gasteiger partial charge in [-0.15, -0.1) is 0 Å². The minimum absolute atomic E-state index is 0.00114. The summed E-state index contributed by atoms with van der Waals surface area (Å²) in [5.74, 6) is 0. The fourth-order valence-electron chi connectivity index (χ4n) is 0.974. The Labute approximate surface area is 78.9 Å². The molecule has 0 saturated carbocycles. The van der Waals surface area contributed by atoms with E-state index in [9.17, 15) is 5.11 Å². The summed E-state index contributed by atoms with van der Waals surface area (Å²) in [6.07, 6.45) is 2.12. The van der Waals surface area contributed by atoms with Crippen LogP contribution in [0.2, 0.25) is 0 Å². The average molecular weight is 186 g/mol. The summed E-state index contributed by atoms with van der Waals surface area (Å²) < 4.78 is 5.29. The average Bonchev–Trinajstić information content (AvgIpc) is 2.09. The largest absolute Gasteiger partial charge is 0.390 e. The highest BCUT2D eigenvalue weighted by Gasteiger charge is 2.17. The van der Waals surface area contributed by atoms with Crippen LogP contribution >= 0.6 is 0 Å². The molecule has 0 aliphatic heterocycles. The maximum absolute atomic E-state index is 9.51. The van der Waals surface area contributed by atoms with E-state index in [0.717, 1.165) is 6.21 Å². The maximum atomic E-state index is 9.51. The van der Waals surface area contributed by atoms with Crippen LogP contribution in [0.5, 0.6) is 0 Å². The lowest BCUT2D eigenvalue weighted by molar-refractivity contribution is -0.0281. The number of hydrogen-bond acceptors (Lipinski definition) is 4. The van der Waals surface area contributed by atoms with Gasteiger partial charge in [-0.3, -0.25) is 0 Å².